The van der Waals surface area contributed by atoms with Gasteiger partial charge < -0.3 is 5.32 Å². The SMILES string of the molecule is C/C=C(\C=NC)NC(=O)Cc1ccccc1. The molecule has 0 unspecified atom stereocenters. The van der Waals surface area contributed by atoms with Gasteiger partial charge >= 0.3 is 0 Å². The largest absolute Gasteiger partial charge is 0.325 e. The number of carbonyl (C=O) groups is 1. The van der Waals surface area contributed by atoms with Gasteiger partial charge in [-0.1, -0.05) is 36.4 Å². The van der Waals surface area contributed by atoms with Crippen LogP contribution in [-0.4, -0.2) is 19.2 Å². The van der Waals surface area contributed by atoms with E-state index in [2.05, 4.69) is 10.3 Å². The van der Waals surface area contributed by atoms with E-state index in [0.29, 0.717) is 6.42 Å². The minimum Gasteiger partial charge on any atom is -0.325 e. The summed E-state index contributed by atoms with van der Waals surface area (Å²) in [6.07, 6.45) is 3.83. The standard InChI is InChI=1S/C13H16N2O/c1-3-12(10-14-2)15-13(16)9-11-7-5-4-6-8-11/h3-8,10H,9H2,1-2H3,(H,15,16)/b12-3+,14-10?. The van der Waals surface area contributed by atoms with Gasteiger partial charge in [-0.25, -0.2) is 0 Å². The first-order valence-electron chi connectivity index (χ1n) is 5.18. The van der Waals surface area contributed by atoms with E-state index < -0.39 is 0 Å². The summed E-state index contributed by atoms with van der Waals surface area (Å²) in [6, 6.07) is 9.65. The number of allylic oxidation sites excluding steroid dienone is 2. The molecule has 0 spiro atoms. The van der Waals surface area contributed by atoms with Gasteiger partial charge in [-0.15, -0.1) is 0 Å². The molecule has 0 fully saturated rings. The third kappa shape index (κ3) is 4.09. The summed E-state index contributed by atoms with van der Waals surface area (Å²) < 4.78 is 0. The fraction of sp³-hybridized carbons (Fsp3) is 0.231. The first kappa shape index (κ1) is 12.2. The molecule has 0 aromatic heterocycles. The number of hydrogen-bond acceptors (Lipinski definition) is 2. The van der Waals surface area contributed by atoms with E-state index >= 15 is 0 Å². The first-order chi connectivity index (χ1) is 7.76. The molecule has 1 N–H and O–H groups in total. The van der Waals surface area contributed by atoms with Crippen molar-refractivity contribution in [2.45, 2.75) is 13.3 Å². The predicted octanol–water partition coefficient (Wildman–Crippen LogP) is 1.95. The van der Waals surface area contributed by atoms with Crippen molar-refractivity contribution in [2.24, 2.45) is 4.99 Å². The number of rotatable bonds is 4. The minimum atomic E-state index is -0.0285. The Kier molecular flexibility index (Phi) is 4.99. The maximum absolute atomic E-state index is 11.6. The van der Waals surface area contributed by atoms with E-state index in [1.807, 2.05) is 43.3 Å². The van der Waals surface area contributed by atoms with Crippen LogP contribution < -0.4 is 5.32 Å². The van der Waals surface area contributed by atoms with Crippen LogP contribution in [-0.2, 0) is 11.2 Å². The monoisotopic (exact) mass is 216 g/mol. The van der Waals surface area contributed by atoms with Gasteiger partial charge in [0.25, 0.3) is 0 Å². The molecule has 1 amide bonds. The highest BCUT2D eigenvalue weighted by Crippen LogP contribution is 1.99. The molecule has 1 aromatic carbocycles. The maximum atomic E-state index is 11.6. The molecular formula is C13H16N2O. The Bertz CT molecular complexity index is 394. The number of aliphatic imine (C=N–C) groups is 1. The number of benzene rings is 1. The van der Waals surface area contributed by atoms with Gasteiger partial charge in [0.15, 0.2) is 0 Å². The molecule has 1 rings (SSSR count). The van der Waals surface area contributed by atoms with Crippen LogP contribution in [0.25, 0.3) is 0 Å². The second-order valence-corrected chi connectivity index (χ2v) is 3.34. The number of hydrogen-bond donors (Lipinski definition) is 1. The van der Waals surface area contributed by atoms with Crippen molar-refractivity contribution >= 4 is 12.1 Å². The van der Waals surface area contributed by atoms with Crippen molar-refractivity contribution < 1.29 is 4.79 Å². The number of carbonyl (C=O) groups excluding carboxylic acids is 1. The topological polar surface area (TPSA) is 41.5 Å². The van der Waals surface area contributed by atoms with Gasteiger partial charge in [0, 0.05) is 13.3 Å². The van der Waals surface area contributed by atoms with E-state index in [-0.39, 0.29) is 5.91 Å². The molecule has 84 valence electrons. The highest BCUT2D eigenvalue weighted by molar-refractivity contribution is 5.88. The molecule has 0 aliphatic heterocycles. The highest BCUT2D eigenvalue weighted by Gasteiger charge is 2.03. The molecule has 3 nitrogen and oxygen atoms in total. The molecule has 0 radical (unpaired) electrons. The summed E-state index contributed by atoms with van der Waals surface area (Å²) in [4.78, 5) is 15.5. The summed E-state index contributed by atoms with van der Waals surface area (Å²) >= 11 is 0. The Balaban J connectivity index is 2.54. The van der Waals surface area contributed by atoms with E-state index in [4.69, 9.17) is 0 Å². The van der Waals surface area contributed by atoms with Crippen LogP contribution >= 0.6 is 0 Å². The average molecular weight is 216 g/mol. The first-order valence-corrected chi connectivity index (χ1v) is 5.18. The number of nitrogens with one attached hydrogen (secondary N) is 1. The molecule has 0 aliphatic rings. The predicted molar refractivity (Wildman–Crippen MR) is 66.5 cm³/mol. The zero-order chi connectivity index (χ0) is 11.8. The lowest BCUT2D eigenvalue weighted by Crippen LogP contribution is -2.25. The van der Waals surface area contributed by atoms with Crippen LogP contribution in [0.1, 0.15) is 12.5 Å². The number of amides is 1. The average Bonchev–Trinajstić information content (AvgIpc) is 2.29. The lowest BCUT2D eigenvalue weighted by Gasteiger charge is -2.04. The van der Waals surface area contributed by atoms with Gasteiger partial charge in [-0.2, -0.15) is 0 Å². The summed E-state index contributed by atoms with van der Waals surface area (Å²) in [7, 11) is 1.67. The maximum Gasteiger partial charge on any atom is 0.228 e. The number of nitrogens with zero attached hydrogens (tertiary/aromatic N) is 1. The van der Waals surface area contributed by atoms with Crippen LogP contribution in [0.4, 0.5) is 0 Å². The fourth-order valence-corrected chi connectivity index (χ4v) is 1.30. The molecule has 3 heteroatoms. The van der Waals surface area contributed by atoms with Crippen LogP contribution in [0.3, 0.4) is 0 Å². The minimum absolute atomic E-state index is 0.0285. The van der Waals surface area contributed by atoms with Crippen molar-refractivity contribution in [1.29, 1.82) is 0 Å². The van der Waals surface area contributed by atoms with Crippen molar-refractivity contribution in [1.82, 2.24) is 5.32 Å². The van der Waals surface area contributed by atoms with Gasteiger partial charge in [-0.05, 0) is 12.5 Å². The van der Waals surface area contributed by atoms with Gasteiger partial charge in [0.05, 0.1) is 12.1 Å². The molecular weight excluding hydrogens is 200 g/mol. The van der Waals surface area contributed by atoms with Crippen LogP contribution in [0.5, 0.6) is 0 Å². The quantitative estimate of drug-likeness (QED) is 0.768. The van der Waals surface area contributed by atoms with E-state index in [1.165, 1.54) is 0 Å². The van der Waals surface area contributed by atoms with E-state index in [9.17, 15) is 4.79 Å². The van der Waals surface area contributed by atoms with Crippen LogP contribution in [0.2, 0.25) is 0 Å². The van der Waals surface area contributed by atoms with Gasteiger partial charge in [0.1, 0.15) is 0 Å². The lowest BCUT2D eigenvalue weighted by atomic mass is 10.1. The highest BCUT2D eigenvalue weighted by atomic mass is 16.1. The zero-order valence-corrected chi connectivity index (χ0v) is 9.60. The Morgan fingerprint density at radius 2 is 2.06 bits per heavy atom. The van der Waals surface area contributed by atoms with Crippen molar-refractivity contribution in [3.8, 4) is 0 Å². The molecule has 0 bridgehead atoms. The Morgan fingerprint density at radius 1 is 1.38 bits per heavy atom. The smallest absolute Gasteiger partial charge is 0.228 e. The Hall–Kier alpha value is -1.90. The molecule has 1 aromatic rings. The van der Waals surface area contributed by atoms with Crippen LogP contribution in [0, 0.1) is 0 Å². The second kappa shape index (κ2) is 6.56. The van der Waals surface area contributed by atoms with Crippen molar-refractivity contribution in [3.05, 3.63) is 47.7 Å². The normalized spacial score (nSPS) is 11.8. The molecule has 16 heavy (non-hydrogen) atoms. The van der Waals surface area contributed by atoms with Crippen molar-refractivity contribution in [3.63, 3.8) is 0 Å². The Morgan fingerprint density at radius 3 is 2.62 bits per heavy atom. The summed E-state index contributed by atoms with van der Waals surface area (Å²) in [5, 5.41) is 2.79. The lowest BCUT2D eigenvalue weighted by molar-refractivity contribution is -0.119. The van der Waals surface area contributed by atoms with Crippen molar-refractivity contribution in [2.75, 3.05) is 7.05 Å². The third-order valence-corrected chi connectivity index (χ3v) is 2.07. The molecule has 0 saturated heterocycles. The molecule has 0 heterocycles. The zero-order valence-electron chi connectivity index (χ0n) is 9.60. The summed E-state index contributed by atoms with van der Waals surface area (Å²) in [5.74, 6) is -0.0285. The molecule has 0 aliphatic carbocycles. The summed E-state index contributed by atoms with van der Waals surface area (Å²) in [5.41, 5.74) is 1.73. The van der Waals surface area contributed by atoms with E-state index in [1.54, 1.807) is 13.3 Å². The second-order valence-electron chi connectivity index (χ2n) is 3.34. The van der Waals surface area contributed by atoms with Crippen LogP contribution in [0.15, 0.2) is 47.1 Å². The molecule has 0 saturated carbocycles. The van der Waals surface area contributed by atoms with Gasteiger partial charge in [0.2, 0.25) is 5.91 Å². The molecule has 0 atom stereocenters. The fourth-order valence-electron chi connectivity index (χ4n) is 1.30. The third-order valence-electron chi connectivity index (χ3n) is 2.07. The Labute approximate surface area is 95.9 Å². The van der Waals surface area contributed by atoms with E-state index in [0.717, 1.165) is 11.3 Å². The van der Waals surface area contributed by atoms with Gasteiger partial charge in [-0.3, -0.25) is 9.79 Å². The summed E-state index contributed by atoms with van der Waals surface area (Å²) in [6.45, 7) is 1.86.